The summed E-state index contributed by atoms with van der Waals surface area (Å²) in [5, 5.41) is 6.81. The fraction of sp³-hybridized carbons (Fsp3) is 0.440. The van der Waals surface area contributed by atoms with Crippen LogP contribution in [-0.4, -0.2) is 36.4 Å². The first-order valence-corrected chi connectivity index (χ1v) is 11.0. The van der Waals surface area contributed by atoms with Crippen LogP contribution in [0.5, 0.6) is 0 Å². The minimum atomic E-state index is 0.264. The zero-order valence-corrected chi connectivity index (χ0v) is 18.4. The number of aryl methyl sites for hydroxylation is 1. The lowest BCUT2D eigenvalue weighted by molar-refractivity contribution is -0.128. The lowest BCUT2D eigenvalue weighted by Gasteiger charge is -2.17. The predicted molar refractivity (Wildman–Crippen MR) is 124 cm³/mol. The Morgan fingerprint density at radius 2 is 1.93 bits per heavy atom. The van der Waals surface area contributed by atoms with Gasteiger partial charge in [-0.25, -0.2) is 4.99 Å². The van der Waals surface area contributed by atoms with E-state index in [1.165, 1.54) is 16.7 Å². The summed E-state index contributed by atoms with van der Waals surface area (Å²) in [6.45, 7) is 10.3. The van der Waals surface area contributed by atoms with Gasteiger partial charge in [0.2, 0.25) is 5.91 Å². The van der Waals surface area contributed by atoms with Gasteiger partial charge in [-0.2, -0.15) is 0 Å². The molecule has 1 heterocycles. The molecule has 1 aliphatic heterocycles. The largest absolute Gasteiger partial charge is 0.357 e. The number of hydrogen-bond acceptors (Lipinski definition) is 2. The number of guanidine groups is 1. The maximum atomic E-state index is 11.9. The van der Waals surface area contributed by atoms with Gasteiger partial charge in [0.05, 0.1) is 6.54 Å². The van der Waals surface area contributed by atoms with Gasteiger partial charge >= 0.3 is 0 Å². The van der Waals surface area contributed by atoms with Gasteiger partial charge in [-0.1, -0.05) is 61.0 Å². The summed E-state index contributed by atoms with van der Waals surface area (Å²) < 4.78 is 0. The van der Waals surface area contributed by atoms with Crippen molar-refractivity contribution in [3.63, 3.8) is 0 Å². The van der Waals surface area contributed by atoms with E-state index < -0.39 is 0 Å². The van der Waals surface area contributed by atoms with Crippen LogP contribution in [0.2, 0.25) is 0 Å². The number of nitrogens with zero attached hydrogens (tertiary/aromatic N) is 2. The molecule has 2 N–H and O–H groups in total. The summed E-state index contributed by atoms with van der Waals surface area (Å²) in [6, 6.07) is 17.1. The molecule has 2 aromatic carbocycles. The van der Waals surface area contributed by atoms with Gasteiger partial charge in [0.15, 0.2) is 5.96 Å². The third kappa shape index (κ3) is 6.34. The maximum absolute atomic E-state index is 11.9. The Morgan fingerprint density at radius 1 is 1.13 bits per heavy atom. The summed E-state index contributed by atoms with van der Waals surface area (Å²) in [4.78, 5) is 18.6. The third-order valence-electron chi connectivity index (χ3n) is 5.49. The molecular formula is C25H34N4O. The maximum Gasteiger partial charge on any atom is 0.222 e. The van der Waals surface area contributed by atoms with Gasteiger partial charge < -0.3 is 15.5 Å². The summed E-state index contributed by atoms with van der Waals surface area (Å²) in [7, 11) is 0. The van der Waals surface area contributed by atoms with Gasteiger partial charge in [-0.15, -0.1) is 0 Å². The highest BCUT2D eigenvalue weighted by Gasteiger charge is 2.19. The van der Waals surface area contributed by atoms with Crippen molar-refractivity contribution in [3.05, 3.63) is 70.8 Å². The summed E-state index contributed by atoms with van der Waals surface area (Å²) in [5.41, 5.74) is 4.95. The molecule has 1 saturated heterocycles. The van der Waals surface area contributed by atoms with Crippen molar-refractivity contribution in [1.82, 2.24) is 15.5 Å². The Labute approximate surface area is 180 Å². The van der Waals surface area contributed by atoms with Crippen molar-refractivity contribution in [1.29, 1.82) is 0 Å². The van der Waals surface area contributed by atoms with E-state index in [0.29, 0.717) is 25.4 Å². The molecule has 1 amide bonds. The number of hydrogen-bond donors (Lipinski definition) is 2. The molecule has 0 aliphatic carbocycles. The number of likely N-dealkylation sites (tertiary alicyclic amines) is 1. The smallest absolute Gasteiger partial charge is 0.222 e. The van der Waals surface area contributed by atoms with Crippen LogP contribution in [0.25, 0.3) is 0 Å². The minimum absolute atomic E-state index is 0.264. The third-order valence-corrected chi connectivity index (χ3v) is 5.49. The first kappa shape index (κ1) is 21.9. The highest BCUT2D eigenvalue weighted by atomic mass is 16.2. The van der Waals surface area contributed by atoms with E-state index in [9.17, 15) is 4.79 Å². The number of carbonyl (C=O) groups excluding carboxylic acids is 1. The van der Waals surface area contributed by atoms with Gasteiger partial charge in [0.25, 0.3) is 0 Å². The zero-order valence-electron chi connectivity index (χ0n) is 18.4. The summed E-state index contributed by atoms with van der Waals surface area (Å²) in [5.74, 6) is 1.49. The van der Waals surface area contributed by atoms with E-state index in [0.717, 1.165) is 37.6 Å². The van der Waals surface area contributed by atoms with Crippen molar-refractivity contribution >= 4 is 11.9 Å². The fourth-order valence-corrected chi connectivity index (χ4v) is 3.77. The van der Waals surface area contributed by atoms with Crippen molar-refractivity contribution in [2.75, 3.05) is 19.6 Å². The molecule has 5 heteroatoms. The van der Waals surface area contributed by atoms with Crippen LogP contribution in [0.1, 0.15) is 54.9 Å². The minimum Gasteiger partial charge on any atom is -0.357 e. The predicted octanol–water partition coefficient (Wildman–Crippen LogP) is 3.98. The molecular weight excluding hydrogens is 372 g/mol. The van der Waals surface area contributed by atoms with E-state index >= 15 is 0 Å². The first-order chi connectivity index (χ1) is 14.5. The molecule has 0 bridgehead atoms. The molecule has 0 aromatic heterocycles. The topological polar surface area (TPSA) is 56.7 Å². The number of amides is 1. The van der Waals surface area contributed by atoms with E-state index in [1.807, 2.05) is 4.90 Å². The number of benzene rings is 2. The average Bonchev–Trinajstić information content (AvgIpc) is 3.14. The molecule has 30 heavy (non-hydrogen) atoms. The lowest BCUT2D eigenvalue weighted by atomic mass is 9.99. The van der Waals surface area contributed by atoms with E-state index in [1.54, 1.807) is 0 Å². The van der Waals surface area contributed by atoms with Crippen molar-refractivity contribution in [3.8, 4) is 0 Å². The molecule has 3 rings (SSSR count). The molecule has 1 fully saturated rings. The molecule has 5 nitrogen and oxygen atoms in total. The van der Waals surface area contributed by atoms with E-state index in [4.69, 9.17) is 4.99 Å². The van der Waals surface area contributed by atoms with Crippen LogP contribution in [-0.2, 0) is 17.9 Å². The van der Waals surface area contributed by atoms with Crippen molar-refractivity contribution in [2.24, 2.45) is 4.99 Å². The van der Waals surface area contributed by atoms with Crippen LogP contribution in [0.15, 0.2) is 53.5 Å². The second-order valence-corrected chi connectivity index (χ2v) is 8.13. The molecule has 0 saturated carbocycles. The molecule has 2 aromatic rings. The Balaban J connectivity index is 1.58. The molecule has 1 atom stereocenters. The van der Waals surface area contributed by atoms with Crippen LogP contribution < -0.4 is 10.6 Å². The fourth-order valence-electron chi connectivity index (χ4n) is 3.77. The normalized spacial score (nSPS) is 15.4. The second-order valence-electron chi connectivity index (χ2n) is 8.13. The number of aliphatic imine (C=N–C) groups is 1. The summed E-state index contributed by atoms with van der Waals surface area (Å²) in [6.07, 6.45) is 1.66. The zero-order chi connectivity index (χ0) is 21.3. The molecule has 1 unspecified atom stereocenters. The van der Waals surface area contributed by atoms with Crippen LogP contribution in [0.3, 0.4) is 0 Å². The van der Waals surface area contributed by atoms with Crippen LogP contribution >= 0.6 is 0 Å². The number of rotatable bonds is 8. The van der Waals surface area contributed by atoms with E-state index in [2.05, 4.69) is 79.9 Å². The quantitative estimate of drug-likeness (QED) is 0.515. The molecule has 160 valence electrons. The Hall–Kier alpha value is -2.82. The highest BCUT2D eigenvalue weighted by molar-refractivity contribution is 5.79. The average molecular weight is 407 g/mol. The van der Waals surface area contributed by atoms with Crippen LogP contribution in [0, 0.1) is 6.92 Å². The van der Waals surface area contributed by atoms with Crippen molar-refractivity contribution < 1.29 is 4.79 Å². The Bertz CT molecular complexity index is 877. The first-order valence-electron chi connectivity index (χ1n) is 11.0. The van der Waals surface area contributed by atoms with Gasteiger partial charge in [0.1, 0.15) is 0 Å². The molecule has 1 aliphatic rings. The highest BCUT2D eigenvalue weighted by Crippen LogP contribution is 2.16. The monoisotopic (exact) mass is 406 g/mol. The summed E-state index contributed by atoms with van der Waals surface area (Å²) >= 11 is 0. The second kappa shape index (κ2) is 10.8. The van der Waals surface area contributed by atoms with Gasteiger partial charge in [-0.3, -0.25) is 4.79 Å². The standard InChI is InChI=1S/C25H34N4O/c1-4-26-25(27-16-20(3)23-11-5-8-19(2)14-23)28-17-21-9-6-10-22(15-21)18-29-13-7-12-24(29)30/h5-6,8-11,14-15,20H,4,7,12-13,16-18H2,1-3H3,(H2,26,27,28). The SMILES string of the molecule is CCNC(=NCc1cccc(CN2CCCC2=O)c1)NCC(C)c1cccc(C)c1. The van der Waals surface area contributed by atoms with Gasteiger partial charge in [-0.05, 0) is 42.9 Å². The van der Waals surface area contributed by atoms with Gasteiger partial charge in [0, 0.05) is 32.6 Å². The number of nitrogens with one attached hydrogen (secondary N) is 2. The lowest BCUT2D eigenvalue weighted by Crippen LogP contribution is -2.39. The number of carbonyl (C=O) groups is 1. The van der Waals surface area contributed by atoms with Crippen molar-refractivity contribution in [2.45, 2.75) is 52.6 Å². The Morgan fingerprint density at radius 3 is 2.67 bits per heavy atom. The molecule has 0 radical (unpaired) electrons. The Kier molecular flexibility index (Phi) is 7.89. The van der Waals surface area contributed by atoms with E-state index in [-0.39, 0.29) is 5.91 Å². The molecule has 0 spiro atoms. The van der Waals surface area contributed by atoms with Crippen LogP contribution in [0.4, 0.5) is 0 Å².